The van der Waals surface area contributed by atoms with Gasteiger partial charge in [0.05, 0.1) is 12.7 Å². The second-order valence-electron chi connectivity index (χ2n) is 5.93. The van der Waals surface area contributed by atoms with Crippen LogP contribution in [0.15, 0.2) is 30.3 Å². The van der Waals surface area contributed by atoms with Crippen molar-refractivity contribution in [1.29, 1.82) is 0 Å². The van der Waals surface area contributed by atoms with Crippen molar-refractivity contribution in [1.82, 2.24) is 4.90 Å². The van der Waals surface area contributed by atoms with Gasteiger partial charge in [0.2, 0.25) is 12.5 Å². The van der Waals surface area contributed by atoms with Crippen LogP contribution >= 0.6 is 0 Å². The van der Waals surface area contributed by atoms with Crippen LogP contribution < -0.4 is 14.2 Å². The summed E-state index contributed by atoms with van der Waals surface area (Å²) in [5.41, 5.74) is 3.40. The number of carboxylic acid groups (broad SMARTS) is 1. The third-order valence-corrected chi connectivity index (χ3v) is 4.40. The highest BCUT2D eigenvalue weighted by molar-refractivity contribution is 5.90. The summed E-state index contributed by atoms with van der Waals surface area (Å²) in [4.78, 5) is 13.6. The maximum Gasteiger partial charge on any atom is 0.336 e. The van der Waals surface area contributed by atoms with E-state index in [4.69, 9.17) is 14.2 Å². The molecule has 2 aliphatic rings. The highest BCUT2D eigenvalue weighted by atomic mass is 16.7. The molecule has 2 aliphatic heterocycles. The van der Waals surface area contributed by atoms with Crippen molar-refractivity contribution in [3.05, 3.63) is 52.6 Å². The minimum Gasteiger partial charge on any atom is -0.493 e. The highest BCUT2D eigenvalue weighted by Crippen LogP contribution is 2.42. The number of hydrogen-bond acceptors (Lipinski definition) is 5. The Morgan fingerprint density at radius 2 is 2.17 bits per heavy atom. The van der Waals surface area contributed by atoms with E-state index < -0.39 is 5.97 Å². The Balaban J connectivity index is 1.58. The van der Waals surface area contributed by atoms with Gasteiger partial charge in [-0.05, 0) is 34.9 Å². The van der Waals surface area contributed by atoms with Crippen molar-refractivity contribution < 1.29 is 24.1 Å². The average Bonchev–Trinajstić information content (AvgIpc) is 3.19. The van der Waals surface area contributed by atoms with Crippen molar-refractivity contribution >= 4 is 5.97 Å². The first-order chi connectivity index (χ1) is 11.7. The zero-order valence-corrected chi connectivity index (χ0v) is 13.2. The quantitative estimate of drug-likeness (QED) is 0.931. The summed E-state index contributed by atoms with van der Waals surface area (Å²) in [6, 6.07) is 9.34. The topological polar surface area (TPSA) is 68.2 Å². The summed E-state index contributed by atoms with van der Waals surface area (Å²) in [5, 5.41) is 9.33. The first-order valence-corrected chi connectivity index (χ1v) is 7.68. The van der Waals surface area contributed by atoms with Crippen LogP contribution in [0, 0.1) is 0 Å². The van der Waals surface area contributed by atoms with Crippen LogP contribution in [0.2, 0.25) is 0 Å². The van der Waals surface area contributed by atoms with Crippen molar-refractivity contribution in [3.63, 3.8) is 0 Å². The maximum absolute atomic E-state index is 11.4. The summed E-state index contributed by atoms with van der Waals surface area (Å²) >= 11 is 0. The SMILES string of the molecule is COc1cc(CN2Cc3cccc(C(=O)O)c3C2)cc2c1OCO2. The van der Waals surface area contributed by atoms with Crippen LogP contribution in [0.4, 0.5) is 0 Å². The van der Waals surface area contributed by atoms with Crippen molar-refractivity contribution in [2.24, 2.45) is 0 Å². The van der Waals surface area contributed by atoms with E-state index in [0.29, 0.717) is 35.9 Å². The molecule has 0 radical (unpaired) electrons. The molecule has 6 nitrogen and oxygen atoms in total. The molecule has 2 heterocycles. The fourth-order valence-corrected chi connectivity index (χ4v) is 3.34. The van der Waals surface area contributed by atoms with E-state index in [1.165, 1.54) is 0 Å². The third-order valence-electron chi connectivity index (χ3n) is 4.40. The molecule has 0 unspecified atom stereocenters. The van der Waals surface area contributed by atoms with Gasteiger partial charge in [0.1, 0.15) is 0 Å². The molecule has 0 bridgehead atoms. The second-order valence-corrected chi connectivity index (χ2v) is 5.93. The lowest BCUT2D eigenvalue weighted by atomic mass is 10.0. The molecule has 0 spiro atoms. The second kappa shape index (κ2) is 5.72. The van der Waals surface area contributed by atoms with E-state index in [9.17, 15) is 9.90 Å². The Kier molecular flexibility index (Phi) is 3.54. The number of ether oxygens (including phenoxy) is 3. The number of carboxylic acids is 1. The Morgan fingerprint density at radius 3 is 2.96 bits per heavy atom. The van der Waals surface area contributed by atoms with Crippen LogP contribution in [0.3, 0.4) is 0 Å². The number of carbonyl (C=O) groups is 1. The number of nitrogens with zero attached hydrogens (tertiary/aromatic N) is 1. The molecule has 0 saturated heterocycles. The summed E-state index contributed by atoms with van der Waals surface area (Å²) in [6.45, 7) is 2.23. The number of fused-ring (bicyclic) bond motifs is 2. The average molecular weight is 327 g/mol. The smallest absolute Gasteiger partial charge is 0.336 e. The number of hydrogen-bond donors (Lipinski definition) is 1. The van der Waals surface area contributed by atoms with Crippen LogP contribution in [0.1, 0.15) is 27.0 Å². The minimum absolute atomic E-state index is 0.201. The molecule has 1 N–H and O–H groups in total. The summed E-state index contributed by atoms with van der Waals surface area (Å²) < 4.78 is 16.2. The number of aromatic carboxylic acids is 1. The molecule has 0 aliphatic carbocycles. The molecule has 2 aromatic carbocycles. The minimum atomic E-state index is -0.876. The molecular weight excluding hydrogens is 310 g/mol. The zero-order valence-electron chi connectivity index (χ0n) is 13.2. The fourth-order valence-electron chi connectivity index (χ4n) is 3.34. The summed E-state index contributed by atoms with van der Waals surface area (Å²) in [7, 11) is 1.60. The standard InChI is InChI=1S/C18H17NO5/c1-22-15-5-11(6-16-17(15)24-10-23-16)7-19-8-12-3-2-4-13(18(20)21)14(12)9-19/h2-6H,7-10H2,1H3,(H,20,21). The zero-order chi connectivity index (χ0) is 16.7. The van der Waals surface area contributed by atoms with Gasteiger partial charge in [-0.2, -0.15) is 0 Å². The van der Waals surface area contributed by atoms with Crippen LogP contribution in [-0.4, -0.2) is 29.9 Å². The monoisotopic (exact) mass is 327 g/mol. The first kappa shape index (κ1) is 14.8. The number of rotatable bonds is 4. The fraction of sp³-hybridized carbons (Fsp3) is 0.278. The lowest BCUT2D eigenvalue weighted by Crippen LogP contribution is -2.16. The van der Waals surface area contributed by atoms with E-state index in [1.54, 1.807) is 19.2 Å². The Labute approximate surface area is 139 Å². The van der Waals surface area contributed by atoms with E-state index in [-0.39, 0.29) is 6.79 Å². The molecular formula is C18H17NO5. The van der Waals surface area contributed by atoms with Gasteiger partial charge in [0.25, 0.3) is 0 Å². The molecule has 6 heteroatoms. The van der Waals surface area contributed by atoms with Gasteiger partial charge >= 0.3 is 5.97 Å². The van der Waals surface area contributed by atoms with E-state index in [0.717, 1.165) is 23.2 Å². The molecule has 0 amide bonds. The summed E-state index contributed by atoms with van der Waals surface area (Å²) in [5.74, 6) is 1.10. The van der Waals surface area contributed by atoms with Gasteiger partial charge in [-0.25, -0.2) is 4.79 Å². The predicted octanol–water partition coefficient (Wildman–Crippen LogP) is 2.64. The van der Waals surface area contributed by atoms with Gasteiger partial charge < -0.3 is 19.3 Å². The van der Waals surface area contributed by atoms with Crippen LogP contribution in [-0.2, 0) is 19.6 Å². The molecule has 0 fully saturated rings. The number of methoxy groups -OCH3 is 1. The van der Waals surface area contributed by atoms with Gasteiger partial charge in [0.15, 0.2) is 11.5 Å². The molecule has 0 aromatic heterocycles. The molecule has 0 atom stereocenters. The van der Waals surface area contributed by atoms with E-state index in [2.05, 4.69) is 4.90 Å². The molecule has 24 heavy (non-hydrogen) atoms. The Morgan fingerprint density at radius 1 is 1.29 bits per heavy atom. The normalized spacial score (nSPS) is 15.4. The van der Waals surface area contributed by atoms with Crippen molar-refractivity contribution in [3.8, 4) is 17.2 Å². The van der Waals surface area contributed by atoms with Crippen molar-refractivity contribution in [2.75, 3.05) is 13.9 Å². The van der Waals surface area contributed by atoms with Crippen molar-refractivity contribution in [2.45, 2.75) is 19.6 Å². The third kappa shape index (κ3) is 2.45. The largest absolute Gasteiger partial charge is 0.493 e. The predicted molar refractivity (Wildman–Crippen MR) is 85.5 cm³/mol. The van der Waals surface area contributed by atoms with E-state index in [1.807, 2.05) is 18.2 Å². The van der Waals surface area contributed by atoms with Gasteiger partial charge in [-0.3, -0.25) is 4.90 Å². The number of benzene rings is 2. The van der Waals surface area contributed by atoms with Crippen LogP contribution in [0.5, 0.6) is 17.2 Å². The van der Waals surface area contributed by atoms with Crippen LogP contribution in [0.25, 0.3) is 0 Å². The molecule has 124 valence electrons. The lowest BCUT2D eigenvalue weighted by molar-refractivity contribution is 0.0695. The Bertz CT molecular complexity index is 817. The maximum atomic E-state index is 11.4. The molecule has 2 aromatic rings. The van der Waals surface area contributed by atoms with E-state index >= 15 is 0 Å². The lowest BCUT2D eigenvalue weighted by Gasteiger charge is -2.16. The van der Waals surface area contributed by atoms with Gasteiger partial charge in [0, 0.05) is 19.6 Å². The highest BCUT2D eigenvalue weighted by Gasteiger charge is 2.25. The summed E-state index contributed by atoms with van der Waals surface area (Å²) in [6.07, 6.45) is 0. The Hall–Kier alpha value is -2.73. The first-order valence-electron chi connectivity index (χ1n) is 7.68. The molecule has 4 rings (SSSR count). The molecule has 0 saturated carbocycles. The van der Waals surface area contributed by atoms with Gasteiger partial charge in [-0.1, -0.05) is 12.1 Å². The van der Waals surface area contributed by atoms with Gasteiger partial charge in [-0.15, -0.1) is 0 Å².